The summed E-state index contributed by atoms with van der Waals surface area (Å²) in [4.78, 5) is 43.4. The quantitative estimate of drug-likeness (QED) is 0.578. The van der Waals surface area contributed by atoms with Crippen molar-refractivity contribution in [3.63, 3.8) is 0 Å². The van der Waals surface area contributed by atoms with Crippen molar-refractivity contribution < 1.29 is 27.9 Å². The maximum Gasteiger partial charge on any atom is 0.387 e. The van der Waals surface area contributed by atoms with Crippen LogP contribution in [0.3, 0.4) is 0 Å². The minimum absolute atomic E-state index is 0.0749. The van der Waals surface area contributed by atoms with E-state index in [9.17, 15) is 23.2 Å². The summed E-state index contributed by atoms with van der Waals surface area (Å²) in [6.07, 6.45) is 1.60. The van der Waals surface area contributed by atoms with E-state index in [4.69, 9.17) is 5.73 Å². The molecule has 0 radical (unpaired) electrons. The van der Waals surface area contributed by atoms with E-state index >= 15 is 0 Å². The number of amides is 4. The van der Waals surface area contributed by atoms with E-state index in [1.165, 1.54) is 29.2 Å². The number of hydrogen-bond acceptors (Lipinski definition) is 7. The van der Waals surface area contributed by atoms with E-state index in [-0.39, 0.29) is 22.4 Å². The van der Waals surface area contributed by atoms with Crippen LogP contribution in [-0.4, -0.2) is 49.5 Å². The van der Waals surface area contributed by atoms with Gasteiger partial charge in [-0.3, -0.25) is 19.8 Å². The number of imide groups is 1. The maximum atomic E-state index is 13.2. The Morgan fingerprint density at radius 1 is 1.18 bits per heavy atom. The van der Waals surface area contributed by atoms with E-state index in [0.717, 1.165) is 23.0 Å². The number of nitrogens with two attached hydrogens (primary N) is 1. The van der Waals surface area contributed by atoms with Gasteiger partial charge in [0.2, 0.25) is 5.91 Å². The molecule has 0 aromatic heterocycles. The van der Waals surface area contributed by atoms with E-state index < -0.39 is 24.5 Å². The van der Waals surface area contributed by atoms with Crippen molar-refractivity contribution in [2.24, 2.45) is 10.7 Å². The van der Waals surface area contributed by atoms with E-state index in [2.05, 4.69) is 9.73 Å². The molecule has 9 nitrogen and oxygen atoms in total. The fraction of sp³-hybridized carbons (Fsp3) is 0.182. The van der Waals surface area contributed by atoms with Crippen LogP contribution < -0.4 is 25.6 Å². The number of aliphatic imine (C=N–C) groups is 1. The highest BCUT2D eigenvalue weighted by Gasteiger charge is 2.32. The Bertz CT molecular complexity index is 1130. The molecule has 0 spiro atoms. The number of nitrogens with one attached hydrogen (secondary N) is 1. The lowest BCUT2D eigenvalue weighted by Crippen LogP contribution is -2.37. The molecule has 178 valence electrons. The molecule has 2 aromatic rings. The number of carbonyl (C=O) groups is 3. The number of thioether (sulfide) groups is 1. The van der Waals surface area contributed by atoms with Crippen molar-refractivity contribution in [2.75, 3.05) is 29.6 Å². The summed E-state index contributed by atoms with van der Waals surface area (Å²) in [7, 11) is 3.82. The molecule has 1 aliphatic heterocycles. The molecule has 0 aliphatic carbocycles. The number of ether oxygens (including phenoxy) is 1. The number of nitrogens with zero attached hydrogens (tertiary/aromatic N) is 3. The van der Waals surface area contributed by atoms with Crippen LogP contribution >= 0.6 is 11.8 Å². The fourth-order valence-electron chi connectivity index (χ4n) is 2.93. The normalized spacial score (nSPS) is 14.4. The number of primary amides is 1. The summed E-state index contributed by atoms with van der Waals surface area (Å²) in [5, 5.41) is 2.11. The van der Waals surface area contributed by atoms with E-state index in [1.54, 1.807) is 6.08 Å². The molecule has 0 saturated heterocycles. The molecule has 0 atom stereocenters. The Morgan fingerprint density at radius 3 is 2.38 bits per heavy atom. The zero-order valence-electron chi connectivity index (χ0n) is 18.2. The molecular weight excluding hydrogens is 468 g/mol. The van der Waals surface area contributed by atoms with Crippen LogP contribution in [0.4, 0.5) is 25.0 Å². The van der Waals surface area contributed by atoms with Gasteiger partial charge in [-0.15, -0.1) is 0 Å². The Kier molecular flexibility index (Phi) is 7.84. The van der Waals surface area contributed by atoms with E-state index in [1.807, 2.05) is 48.6 Å². The second kappa shape index (κ2) is 10.8. The highest BCUT2D eigenvalue weighted by Crippen LogP contribution is 2.31. The Balaban J connectivity index is 1.89. The number of urea groups is 1. The lowest BCUT2D eigenvalue weighted by atomic mass is 10.1. The summed E-state index contributed by atoms with van der Waals surface area (Å²) < 4.78 is 29.2. The molecule has 0 unspecified atom stereocenters. The van der Waals surface area contributed by atoms with Crippen molar-refractivity contribution in [3.05, 3.63) is 59.8 Å². The topological polar surface area (TPSA) is 117 Å². The lowest BCUT2D eigenvalue weighted by molar-refractivity contribution is -0.117. The molecule has 0 fully saturated rings. The summed E-state index contributed by atoms with van der Waals surface area (Å²) in [5.74, 6) is -1.45. The van der Waals surface area contributed by atoms with Gasteiger partial charge in [0.1, 0.15) is 11.4 Å². The zero-order valence-corrected chi connectivity index (χ0v) is 19.0. The molecule has 3 rings (SSSR count). The van der Waals surface area contributed by atoms with Gasteiger partial charge in [-0.25, -0.2) is 9.79 Å². The molecule has 12 heteroatoms. The number of anilines is 2. The molecule has 1 aliphatic rings. The van der Waals surface area contributed by atoms with Crippen LogP contribution in [0.2, 0.25) is 0 Å². The summed E-state index contributed by atoms with van der Waals surface area (Å²) >= 11 is 0.913. The molecule has 0 saturated carbocycles. The van der Waals surface area contributed by atoms with Crippen LogP contribution in [0.1, 0.15) is 5.56 Å². The largest absolute Gasteiger partial charge is 0.435 e. The Morgan fingerprint density at radius 2 is 1.82 bits per heavy atom. The second-order valence-electron chi connectivity index (χ2n) is 7.12. The van der Waals surface area contributed by atoms with Gasteiger partial charge in [0.05, 0.1) is 11.4 Å². The van der Waals surface area contributed by atoms with Gasteiger partial charge in [0.25, 0.3) is 5.91 Å². The van der Waals surface area contributed by atoms with Gasteiger partial charge >= 0.3 is 12.6 Å². The number of benzene rings is 2. The monoisotopic (exact) mass is 489 g/mol. The minimum Gasteiger partial charge on any atom is -0.435 e. The molecule has 3 N–H and O–H groups in total. The summed E-state index contributed by atoms with van der Waals surface area (Å²) in [6, 6.07) is 11.9. The van der Waals surface area contributed by atoms with Gasteiger partial charge in [-0.05, 0) is 48.0 Å². The molecular formula is C22H21F2N5O4S. The predicted octanol–water partition coefficient (Wildman–Crippen LogP) is 3.03. The lowest BCUT2D eigenvalue weighted by Gasteiger charge is -2.18. The minimum atomic E-state index is -2.98. The molecule has 4 amide bonds. The average Bonchev–Trinajstić information content (AvgIpc) is 3.07. The first kappa shape index (κ1) is 24.7. The van der Waals surface area contributed by atoms with Crippen molar-refractivity contribution in [3.8, 4) is 5.75 Å². The maximum absolute atomic E-state index is 13.2. The molecule has 0 bridgehead atoms. The molecule has 2 aromatic carbocycles. The average molecular weight is 490 g/mol. The first-order chi connectivity index (χ1) is 16.1. The third-order valence-corrected chi connectivity index (χ3v) is 5.40. The molecule has 34 heavy (non-hydrogen) atoms. The van der Waals surface area contributed by atoms with Crippen LogP contribution in [0.15, 0.2) is 59.2 Å². The van der Waals surface area contributed by atoms with E-state index in [0.29, 0.717) is 5.69 Å². The van der Waals surface area contributed by atoms with Gasteiger partial charge in [0.15, 0.2) is 5.17 Å². The SMILES string of the molecule is CN(C)c1ccc(/C=C2/N=C(SCC(=O)NC(N)=O)N(c3ccc(OC(F)F)cc3)C2=O)cc1. The first-order valence-corrected chi connectivity index (χ1v) is 10.8. The number of hydrogen-bond donors (Lipinski definition) is 2. The predicted molar refractivity (Wildman–Crippen MR) is 127 cm³/mol. The van der Waals surface area contributed by atoms with Gasteiger partial charge in [-0.2, -0.15) is 8.78 Å². The third kappa shape index (κ3) is 6.32. The van der Waals surface area contributed by atoms with Crippen molar-refractivity contribution in [1.29, 1.82) is 0 Å². The number of amidine groups is 1. The molecule has 1 heterocycles. The highest BCUT2D eigenvalue weighted by atomic mass is 32.2. The Labute approximate surface area is 198 Å². The first-order valence-electron chi connectivity index (χ1n) is 9.83. The summed E-state index contributed by atoms with van der Waals surface area (Å²) in [5.41, 5.74) is 7.11. The van der Waals surface area contributed by atoms with Crippen LogP contribution in [0.25, 0.3) is 6.08 Å². The number of halogens is 2. The standard InChI is InChI=1S/C22H21F2N5O4S/c1-28(2)14-5-3-13(4-6-14)11-17-19(31)29(15-7-9-16(10-8-15)33-20(23)24)22(26-17)34-12-18(30)27-21(25)32/h3-11,20H,12H2,1-2H3,(H3,25,27,30,32)/b17-11+. The van der Waals surface area contributed by atoms with Gasteiger partial charge < -0.3 is 15.4 Å². The zero-order chi connectivity index (χ0) is 24.8. The van der Waals surface area contributed by atoms with Crippen LogP contribution in [0.5, 0.6) is 5.75 Å². The van der Waals surface area contributed by atoms with Crippen LogP contribution in [-0.2, 0) is 9.59 Å². The Hall–Kier alpha value is -3.93. The van der Waals surface area contributed by atoms with Gasteiger partial charge in [0, 0.05) is 19.8 Å². The highest BCUT2D eigenvalue weighted by molar-refractivity contribution is 8.14. The van der Waals surface area contributed by atoms with Crippen molar-refractivity contribution >= 4 is 52.2 Å². The van der Waals surface area contributed by atoms with Gasteiger partial charge in [-0.1, -0.05) is 23.9 Å². The van der Waals surface area contributed by atoms with Crippen molar-refractivity contribution in [2.45, 2.75) is 6.61 Å². The summed E-state index contributed by atoms with van der Waals surface area (Å²) in [6.45, 7) is -2.98. The van der Waals surface area contributed by atoms with Crippen LogP contribution in [0, 0.1) is 0 Å². The number of alkyl halides is 2. The van der Waals surface area contributed by atoms with Crippen molar-refractivity contribution in [1.82, 2.24) is 5.32 Å². The fourth-order valence-corrected chi connectivity index (χ4v) is 3.74. The number of rotatable bonds is 7. The third-order valence-electron chi connectivity index (χ3n) is 4.46. The number of carbonyl (C=O) groups excluding carboxylic acids is 3. The smallest absolute Gasteiger partial charge is 0.387 e. The second-order valence-corrected chi connectivity index (χ2v) is 8.07.